The van der Waals surface area contributed by atoms with Crippen molar-refractivity contribution in [3.8, 4) is 0 Å². The Morgan fingerprint density at radius 2 is 2.00 bits per heavy atom. The van der Waals surface area contributed by atoms with E-state index in [0.29, 0.717) is 0 Å². The summed E-state index contributed by atoms with van der Waals surface area (Å²) in [5.74, 6) is 0. The number of nitrogens with zero attached hydrogens (tertiary/aromatic N) is 1. The number of benzene rings is 1. The Kier molecular flexibility index (Phi) is 2.75. The van der Waals surface area contributed by atoms with Gasteiger partial charge in [0.2, 0.25) is 0 Å². The van der Waals surface area contributed by atoms with E-state index in [4.69, 9.17) is 0 Å². The van der Waals surface area contributed by atoms with Gasteiger partial charge in [0.05, 0.1) is 5.52 Å². The van der Waals surface area contributed by atoms with Gasteiger partial charge in [-0.1, -0.05) is 18.2 Å². The SMILES string of the molecule is CS(=O)(=O)C=Cc1cnc2ccccc2c1. The molecule has 0 aliphatic carbocycles. The van der Waals surface area contributed by atoms with Crippen molar-refractivity contribution in [2.24, 2.45) is 0 Å². The number of para-hydroxylation sites is 1. The van der Waals surface area contributed by atoms with Crippen LogP contribution in [0.2, 0.25) is 0 Å². The normalized spacial score (nSPS) is 12.3. The van der Waals surface area contributed by atoms with Crippen LogP contribution in [0.5, 0.6) is 0 Å². The molecule has 82 valence electrons. The Hall–Kier alpha value is -1.68. The second-order valence-electron chi connectivity index (χ2n) is 3.59. The molecule has 0 bridgehead atoms. The summed E-state index contributed by atoms with van der Waals surface area (Å²) < 4.78 is 21.9. The minimum absolute atomic E-state index is 0.782. The van der Waals surface area contributed by atoms with Crippen LogP contribution in [0.15, 0.2) is 41.9 Å². The Labute approximate surface area is 94.4 Å². The zero-order valence-corrected chi connectivity index (χ0v) is 9.61. The average Bonchev–Trinajstić information content (AvgIpc) is 2.25. The van der Waals surface area contributed by atoms with Gasteiger partial charge in [-0.3, -0.25) is 4.98 Å². The van der Waals surface area contributed by atoms with Crippen molar-refractivity contribution in [1.29, 1.82) is 0 Å². The minimum Gasteiger partial charge on any atom is -0.256 e. The minimum atomic E-state index is -3.08. The van der Waals surface area contributed by atoms with E-state index < -0.39 is 9.84 Å². The Balaban J connectivity index is 2.44. The fraction of sp³-hybridized carbons (Fsp3) is 0.0833. The summed E-state index contributed by atoms with van der Waals surface area (Å²) in [5, 5.41) is 2.18. The molecular weight excluding hydrogens is 222 g/mol. The molecule has 0 unspecified atom stereocenters. The van der Waals surface area contributed by atoms with Gasteiger partial charge in [0.15, 0.2) is 9.84 Å². The molecule has 2 rings (SSSR count). The third-order valence-corrected chi connectivity index (χ3v) is 2.75. The van der Waals surface area contributed by atoms with Gasteiger partial charge >= 0.3 is 0 Å². The fourth-order valence-electron chi connectivity index (χ4n) is 1.38. The summed E-state index contributed by atoms with van der Waals surface area (Å²) in [7, 11) is -3.08. The highest BCUT2D eigenvalue weighted by Crippen LogP contribution is 2.13. The highest BCUT2D eigenvalue weighted by Gasteiger charge is 1.96. The lowest BCUT2D eigenvalue weighted by Gasteiger charge is -1.97. The number of pyridine rings is 1. The van der Waals surface area contributed by atoms with Crippen LogP contribution in [0.25, 0.3) is 17.0 Å². The van der Waals surface area contributed by atoms with Gasteiger partial charge < -0.3 is 0 Å². The predicted molar refractivity (Wildman–Crippen MR) is 65.6 cm³/mol. The summed E-state index contributed by atoms with van der Waals surface area (Å²) in [6, 6.07) is 9.61. The van der Waals surface area contributed by atoms with Gasteiger partial charge in [-0.05, 0) is 23.8 Å². The monoisotopic (exact) mass is 233 g/mol. The highest BCUT2D eigenvalue weighted by atomic mass is 32.2. The molecule has 0 radical (unpaired) electrons. The van der Waals surface area contributed by atoms with Crippen LogP contribution in [-0.2, 0) is 9.84 Å². The molecule has 1 aromatic carbocycles. The van der Waals surface area contributed by atoms with E-state index >= 15 is 0 Å². The van der Waals surface area contributed by atoms with Gasteiger partial charge in [0, 0.05) is 23.2 Å². The topological polar surface area (TPSA) is 47.0 Å². The molecule has 0 amide bonds. The van der Waals surface area contributed by atoms with Crippen LogP contribution in [0.1, 0.15) is 5.56 Å². The van der Waals surface area contributed by atoms with Crippen molar-refractivity contribution in [2.45, 2.75) is 0 Å². The number of fused-ring (bicyclic) bond motifs is 1. The van der Waals surface area contributed by atoms with Crippen LogP contribution in [0, 0.1) is 0 Å². The van der Waals surface area contributed by atoms with Gasteiger partial charge in [-0.15, -0.1) is 0 Å². The first kappa shape index (κ1) is 10.8. The standard InChI is InChI=1S/C12H11NO2S/c1-16(14,15)7-6-10-8-11-4-2-3-5-12(11)13-9-10/h2-9H,1H3. The maximum atomic E-state index is 11.0. The molecule has 4 heteroatoms. The van der Waals surface area contributed by atoms with E-state index in [1.165, 1.54) is 5.41 Å². The van der Waals surface area contributed by atoms with Crippen LogP contribution >= 0.6 is 0 Å². The summed E-state index contributed by atoms with van der Waals surface area (Å²) in [6.07, 6.45) is 4.37. The summed E-state index contributed by atoms with van der Waals surface area (Å²) in [6.45, 7) is 0. The van der Waals surface area contributed by atoms with Crippen molar-refractivity contribution in [3.05, 3.63) is 47.5 Å². The van der Waals surface area contributed by atoms with Crippen LogP contribution in [0.4, 0.5) is 0 Å². The number of aromatic nitrogens is 1. The lowest BCUT2D eigenvalue weighted by atomic mass is 10.2. The Morgan fingerprint density at radius 1 is 1.25 bits per heavy atom. The quantitative estimate of drug-likeness (QED) is 0.799. The number of rotatable bonds is 2. The molecule has 1 heterocycles. The first-order valence-corrected chi connectivity index (χ1v) is 6.73. The van der Waals surface area contributed by atoms with Gasteiger partial charge in [-0.25, -0.2) is 8.42 Å². The average molecular weight is 233 g/mol. The number of hydrogen-bond acceptors (Lipinski definition) is 3. The lowest BCUT2D eigenvalue weighted by molar-refractivity contribution is 0.610. The number of sulfone groups is 1. The second kappa shape index (κ2) is 4.06. The first-order chi connectivity index (χ1) is 7.54. The summed E-state index contributed by atoms with van der Waals surface area (Å²) in [4.78, 5) is 4.24. The molecule has 0 fully saturated rings. The van der Waals surface area contributed by atoms with Gasteiger partial charge in [0.1, 0.15) is 0 Å². The maximum absolute atomic E-state index is 11.0. The molecule has 0 atom stereocenters. The molecule has 3 nitrogen and oxygen atoms in total. The van der Waals surface area contributed by atoms with E-state index in [2.05, 4.69) is 4.98 Å². The molecule has 16 heavy (non-hydrogen) atoms. The summed E-state index contributed by atoms with van der Waals surface area (Å²) in [5.41, 5.74) is 1.68. The zero-order chi connectivity index (χ0) is 11.6. The Bertz CT molecular complexity index is 645. The smallest absolute Gasteiger partial charge is 0.168 e. The van der Waals surface area contributed by atoms with Crippen molar-refractivity contribution < 1.29 is 8.42 Å². The van der Waals surface area contributed by atoms with E-state index in [9.17, 15) is 8.42 Å². The zero-order valence-electron chi connectivity index (χ0n) is 8.79. The number of hydrogen-bond donors (Lipinski definition) is 0. The molecule has 0 aliphatic heterocycles. The first-order valence-electron chi connectivity index (χ1n) is 4.77. The van der Waals surface area contributed by atoms with E-state index in [-0.39, 0.29) is 0 Å². The van der Waals surface area contributed by atoms with Crippen LogP contribution in [-0.4, -0.2) is 19.7 Å². The van der Waals surface area contributed by atoms with E-state index in [1.807, 2.05) is 30.3 Å². The van der Waals surface area contributed by atoms with Crippen molar-refractivity contribution >= 4 is 26.8 Å². The molecule has 0 aliphatic rings. The second-order valence-corrected chi connectivity index (χ2v) is 5.52. The van der Waals surface area contributed by atoms with E-state index in [1.54, 1.807) is 12.3 Å². The molecular formula is C12H11NO2S. The van der Waals surface area contributed by atoms with Gasteiger partial charge in [0.25, 0.3) is 0 Å². The molecule has 0 N–H and O–H groups in total. The van der Waals surface area contributed by atoms with Crippen molar-refractivity contribution in [2.75, 3.05) is 6.26 Å². The largest absolute Gasteiger partial charge is 0.256 e. The molecule has 1 aromatic heterocycles. The van der Waals surface area contributed by atoms with E-state index in [0.717, 1.165) is 22.7 Å². The lowest BCUT2D eigenvalue weighted by Crippen LogP contribution is -1.88. The fourth-order valence-corrected chi connectivity index (χ4v) is 1.79. The Morgan fingerprint density at radius 3 is 2.75 bits per heavy atom. The summed E-state index contributed by atoms with van der Waals surface area (Å²) >= 11 is 0. The third-order valence-electron chi connectivity index (χ3n) is 2.12. The third kappa shape index (κ3) is 2.67. The molecule has 0 saturated heterocycles. The van der Waals surface area contributed by atoms with Crippen molar-refractivity contribution in [1.82, 2.24) is 4.98 Å². The molecule has 0 saturated carbocycles. The predicted octanol–water partition coefficient (Wildman–Crippen LogP) is 2.25. The van der Waals surface area contributed by atoms with Gasteiger partial charge in [-0.2, -0.15) is 0 Å². The van der Waals surface area contributed by atoms with Crippen LogP contribution in [0.3, 0.4) is 0 Å². The maximum Gasteiger partial charge on any atom is 0.168 e. The molecule has 2 aromatic rings. The highest BCUT2D eigenvalue weighted by molar-refractivity contribution is 7.93. The van der Waals surface area contributed by atoms with Crippen LogP contribution < -0.4 is 0 Å². The molecule has 0 spiro atoms. The van der Waals surface area contributed by atoms with Crippen molar-refractivity contribution in [3.63, 3.8) is 0 Å².